The van der Waals surface area contributed by atoms with Gasteiger partial charge in [-0.05, 0) is 36.5 Å². The fraction of sp³-hybridized carbons (Fsp3) is 0.474. The summed E-state index contributed by atoms with van der Waals surface area (Å²) < 4.78 is 0. The molecule has 0 unspecified atom stereocenters. The molecule has 0 radical (unpaired) electrons. The van der Waals surface area contributed by atoms with Crippen LogP contribution >= 0.6 is 11.8 Å². The molecule has 0 saturated carbocycles. The van der Waals surface area contributed by atoms with E-state index in [1.54, 1.807) is 24.8 Å². The van der Waals surface area contributed by atoms with Crippen molar-refractivity contribution in [3.63, 3.8) is 0 Å². The Kier molecular flexibility index (Phi) is 5.45. The molecule has 0 aromatic carbocycles. The van der Waals surface area contributed by atoms with Crippen LogP contribution in [-0.4, -0.2) is 74.4 Å². The number of amides is 1. The van der Waals surface area contributed by atoms with Gasteiger partial charge in [0.05, 0.1) is 5.56 Å². The van der Waals surface area contributed by atoms with Crippen LogP contribution in [-0.2, 0) is 0 Å². The van der Waals surface area contributed by atoms with E-state index in [0.29, 0.717) is 17.4 Å². The molecule has 2 aliphatic heterocycles. The number of hydrogen-bond donors (Lipinski definition) is 0. The Balaban J connectivity index is 1.36. The Morgan fingerprint density at radius 2 is 1.77 bits per heavy atom. The van der Waals surface area contributed by atoms with Gasteiger partial charge < -0.3 is 4.90 Å². The third kappa shape index (κ3) is 3.88. The summed E-state index contributed by atoms with van der Waals surface area (Å²) in [7, 11) is 0. The second-order valence-electron chi connectivity index (χ2n) is 6.71. The van der Waals surface area contributed by atoms with Crippen LogP contribution in [0.4, 0.5) is 0 Å². The first kappa shape index (κ1) is 17.4. The standard InChI is InChI=1S/C19H23N5OS/c25-19(16-13-21-18(22-14-16)15-2-1-5-20-12-15)24-8-6-23(7-9-24)17-3-10-26-11-4-17/h1-2,5,12-14,17H,3-4,6-11H2. The van der Waals surface area contributed by atoms with Crippen molar-refractivity contribution in [2.75, 3.05) is 37.7 Å². The van der Waals surface area contributed by atoms with Crippen LogP contribution in [0.1, 0.15) is 23.2 Å². The molecule has 1 amide bonds. The van der Waals surface area contributed by atoms with Crippen molar-refractivity contribution in [2.24, 2.45) is 0 Å². The minimum atomic E-state index is 0.0292. The van der Waals surface area contributed by atoms with Crippen LogP contribution in [0.5, 0.6) is 0 Å². The second kappa shape index (κ2) is 8.14. The lowest BCUT2D eigenvalue weighted by atomic mass is 10.1. The number of carbonyl (C=O) groups excluding carboxylic acids is 1. The smallest absolute Gasteiger partial charge is 0.257 e. The highest BCUT2D eigenvalue weighted by Crippen LogP contribution is 2.23. The maximum absolute atomic E-state index is 12.7. The number of pyridine rings is 1. The average molecular weight is 369 g/mol. The number of thioether (sulfide) groups is 1. The van der Waals surface area contributed by atoms with Gasteiger partial charge in [-0.25, -0.2) is 9.97 Å². The third-order valence-electron chi connectivity index (χ3n) is 5.13. The number of rotatable bonds is 3. The van der Waals surface area contributed by atoms with Crippen molar-refractivity contribution in [1.82, 2.24) is 24.8 Å². The van der Waals surface area contributed by atoms with Gasteiger partial charge in [-0.2, -0.15) is 11.8 Å². The van der Waals surface area contributed by atoms with E-state index in [-0.39, 0.29) is 5.91 Å². The van der Waals surface area contributed by atoms with E-state index in [1.165, 1.54) is 24.3 Å². The van der Waals surface area contributed by atoms with Crippen LogP contribution in [0, 0.1) is 0 Å². The molecule has 7 heteroatoms. The van der Waals surface area contributed by atoms with Gasteiger partial charge in [-0.1, -0.05) is 0 Å². The second-order valence-corrected chi connectivity index (χ2v) is 7.93. The average Bonchev–Trinajstić information content (AvgIpc) is 2.75. The van der Waals surface area contributed by atoms with Crippen LogP contribution in [0.15, 0.2) is 36.9 Å². The Labute approximate surface area is 158 Å². The summed E-state index contributed by atoms with van der Waals surface area (Å²) in [4.78, 5) is 30.0. The molecule has 4 rings (SSSR count). The largest absolute Gasteiger partial charge is 0.336 e. The van der Waals surface area contributed by atoms with E-state index in [4.69, 9.17) is 0 Å². The van der Waals surface area contributed by atoms with E-state index in [1.807, 2.05) is 17.0 Å². The first-order valence-corrected chi connectivity index (χ1v) is 10.3. The van der Waals surface area contributed by atoms with Crippen molar-refractivity contribution in [1.29, 1.82) is 0 Å². The van der Waals surface area contributed by atoms with E-state index in [9.17, 15) is 4.79 Å². The van der Waals surface area contributed by atoms with Crippen LogP contribution < -0.4 is 0 Å². The zero-order chi connectivity index (χ0) is 17.8. The topological polar surface area (TPSA) is 62.2 Å². The lowest BCUT2D eigenvalue weighted by Gasteiger charge is -2.40. The first-order valence-electron chi connectivity index (χ1n) is 9.15. The lowest BCUT2D eigenvalue weighted by Crippen LogP contribution is -2.52. The molecule has 0 atom stereocenters. The van der Waals surface area contributed by atoms with Crippen molar-refractivity contribution >= 4 is 17.7 Å². The number of aromatic nitrogens is 3. The minimum absolute atomic E-state index is 0.0292. The molecule has 6 nitrogen and oxygen atoms in total. The van der Waals surface area contributed by atoms with Gasteiger partial charge in [0.2, 0.25) is 0 Å². The predicted octanol–water partition coefficient (Wildman–Crippen LogP) is 2.19. The molecular weight excluding hydrogens is 346 g/mol. The summed E-state index contributed by atoms with van der Waals surface area (Å²) in [6.45, 7) is 3.51. The van der Waals surface area contributed by atoms with Gasteiger partial charge in [0, 0.05) is 62.6 Å². The Hall–Kier alpha value is -1.99. The summed E-state index contributed by atoms with van der Waals surface area (Å²) >= 11 is 2.06. The molecule has 4 heterocycles. The van der Waals surface area contributed by atoms with E-state index in [0.717, 1.165) is 31.7 Å². The summed E-state index contributed by atoms with van der Waals surface area (Å²) in [5, 5.41) is 0. The fourth-order valence-corrected chi connectivity index (χ4v) is 4.69. The quantitative estimate of drug-likeness (QED) is 0.826. The summed E-state index contributed by atoms with van der Waals surface area (Å²) in [6.07, 6.45) is 9.25. The molecule has 2 saturated heterocycles. The molecule has 2 fully saturated rings. The highest BCUT2D eigenvalue weighted by atomic mass is 32.2. The van der Waals surface area contributed by atoms with Crippen LogP contribution in [0.2, 0.25) is 0 Å². The third-order valence-corrected chi connectivity index (χ3v) is 6.18. The first-order chi connectivity index (χ1) is 12.8. The summed E-state index contributed by atoms with van der Waals surface area (Å²) in [5.74, 6) is 3.16. The Morgan fingerprint density at radius 3 is 2.42 bits per heavy atom. The molecule has 0 spiro atoms. The van der Waals surface area contributed by atoms with Gasteiger partial charge in [-0.3, -0.25) is 14.7 Å². The van der Waals surface area contributed by atoms with Gasteiger partial charge in [0.25, 0.3) is 5.91 Å². The van der Waals surface area contributed by atoms with Gasteiger partial charge >= 0.3 is 0 Å². The van der Waals surface area contributed by atoms with E-state index >= 15 is 0 Å². The molecule has 0 aliphatic carbocycles. The molecule has 2 aromatic rings. The van der Waals surface area contributed by atoms with Crippen molar-refractivity contribution < 1.29 is 4.79 Å². The molecule has 136 valence electrons. The number of nitrogens with zero attached hydrogens (tertiary/aromatic N) is 5. The number of piperazine rings is 1. The normalized spacial score (nSPS) is 19.5. The van der Waals surface area contributed by atoms with Crippen molar-refractivity contribution in [2.45, 2.75) is 18.9 Å². The van der Waals surface area contributed by atoms with Gasteiger partial charge in [-0.15, -0.1) is 0 Å². The van der Waals surface area contributed by atoms with Crippen LogP contribution in [0.3, 0.4) is 0 Å². The lowest BCUT2D eigenvalue weighted by molar-refractivity contribution is 0.0558. The zero-order valence-electron chi connectivity index (χ0n) is 14.8. The summed E-state index contributed by atoms with van der Waals surface area (Å²) in [6, 6.07) is 4.46. The predicted molar refractivity (Wildman–Crippen MR) is 103 cm³/mol. The van der Waals surface area contributed by atoms with Gasteiger partial charge in [0.15, 0.2) is 5.82 Å². The monoisotopic (exact) mass is 369 g/mol. The zero-order valence-corrected chi connectivity index (χ0v) is 15.6. The SMILES string of the molecule is O=C(c1cnc(-c2cccnc2)nc1)N1CCN(C2CCSCC2)CC1. The fourth-order valence-electron chi connectivity index (χ4n) is 3.61. The Morgan fingerprint density at radius 1 is 1.04 bits per heavy atom. The van der Waals surface area contributed by atoms with Crippen LogP contribution in [0.25, 0.3) is 11.4 Å². The number of hydrogen-bond acceptors (Lipinski definition) is 6. The molecule has 2 aromatic heterocycles. The maximum Gasteiger partial charge on any atom is 0.257 e. The molecular formula is C19H23N5OS. The molecule has 0 bridgehead atoms. The van der Waals surface area contributed by atoms with Crippen molar-refractivity contribution in [3.8, 4) is 11.4 Å². The number of carbonyl (C=O) groups is 1. The van der Waals surface area contributed by atoms with Crippen molar-refractivity contribution in [3.05, 3.63) is 42.5 Å². The minimum Gasteiger partial charge on any atom is -0.336 e. The van der Waals surface area contributed by atoms with E-state index in [2.05, 4.69) is 31.6 Å². The Bertz CT molecular complexity index is 725. The maximum atomic E-state index is 12.7. The summed E-state index contributed by atoms with van der Waals surface area (Å²) in [5.41, 5.74) is 1.41. The molecule has 0 N–H and O–H groups in total. The van der Waals surface area contributed by atoms with E-state index < -0.39 is 0 Å². The highest BCUT2D eigenvalue weighted by Gasteiger charge is 2.27. The molecule has 26 heavy (non-hydrogen) atoms. The highest BCUT2D eigenvalue weighted by molar-refractivity contribution is 7.99. The van der Waals surface area contributed by atoms with Gasteiger partial charge in [0.1, 0.15) is 0 Å². The molecule has 2 aliphatic rings.